The highest BCUT2D eigenvalue weighted by atomic mass is 19.1. The van der Waals surface area contributed by atoms with Crippen molar-refractivity contribution >= 4 is 6.03 Å². The van der Waals surface area contributed by atoms with Crippen molar-refractivity contribution in [1.29, 1.82) is 0 Å². The number of carbonyl (C=O) groups excluding carboxylic acids is 1. The second-order valence-corrected chi connectivity index (χ2v) is 6.12. The topological polar surface area (TPSA) is 59.6 Å². The molecule has 2 heterocycles. The summed E-state index contributed by atoms with van der Waals surface area (Å²) in [5.74, 6) is -0.0520. The highest BCUT2D eigenvalue weighted by molar-refractivity contribution is 5.73. The predicted molar refractivity (Wildman–Crippen MR) is 83.6 cm³/mol. The molecule has 3 rings (SSSR count). The van der Waals surface area contributed by atoms with E-state index < -0.39 is 0 Å². The van der Waals surface area contributed by atoms with E-state index in [0.717, 1.165) is 31.4 Å². The van der Waals surface area contributed by atoms with Crippen molar-refractivity contribution in [1.82, 2.24) is 10.6 Å². The van der Waals surface area contributed by atoms with Gasteiger partial charge in [-0.05, 0) is 37.0 Å². The summed E-state index contributed by atoms with van der Waals surface area (Å²) in [4.78, 5) is 11.9. The van der Waals surface area contributed by atoms with Crippen LogP contribution in [0.3, 0.4) is 0 Å². The van der Waals surface area contributed by atoms with Gasteiger partial charge >= 0.3 is 6.03 Å². The number of urea groups is 1. The predicted octanol–water partition coefficient (Wildman–Crippen LogP) is 2.38. The van der Waals surface area contributed by atoms with Crippen molar-refractivity contribution in [2.24, 2.45) is 5.92 Å². The lowest BCUT2D eigenvalue weighted by atomic mass is 9.95. The lowest BCUT2D eigenvalue weighted by Gasteiger charge is -2.20. The van der Waals surface area contributed by atoms with Crippen molar-refractivity contribution in [2.45, 2.75) is 31.5 Å². The Bertz CT molecular complexity index is 517. The number of ether oxygens (including phenoxy) is 2. The van der Waals surface area contributed by atoms with Gasteiger partial charge in [0.25, 0.3) is 0 Å². The third-order valence-corrected chi connectivity index (χ3v) is 4.45. The third kappa shape index (κ3) is 4.42. The molecule has 2 saturated heterocycles. The fourth-order valence-corrected chi connectivity index (χ4v) is 3.16. The Morgan fingerprint density at radius 2 is 1.87 bits per heavy atom. The molecule has 6 heteroatoms. The van der Waals surface area contributed by atoms with Crippen molar-refractivity contribution in [3.8, 4) is 0 Å². The summed E-state index contributed by atoms with van der Waals surface area (Å²) in [6.45, 7) is 2.53. The minimum Gasteiger partial charge on any atom is -0.376 e. The van der Waals surface area contributed by atoms with Crippen LogP contribution in [0.15, 0.2) is 24.3 Å². The molecule has 0 unspecified atom stereocenters. The zero-order valence-corrected chi connectivity index (χ0v) is 13.1. The van der Waals surface area contributed by atoms with Gasteiger partial charge in [0.2, 0.25) is 0 Å². The van der Waals surface area contributed by atoms with Gasteiger partial charge in [-0.1, -0.05) is 12.1 Å². The molecule has 1 aromatic rings. The Kier molecular flexibility index (Phi) is 5.46. The third-order valence-electron chi connectivity index (χ3n) is 4.45. The Morgan fingerprint density at radius 1 is 1.09 bits per heavy atom. The van der Waals surface area contributed by atoms with Crippen LogP contribution in [0.25, 0.3) is 0 Å². The Morgan fingerprint density at radius 3 is 2.61 bits per heavy atom. The number of benzene rings is 1. The van der Waals surface area contributed by atoms with Crippen LogP contribution in [0.1, 0.15) is 30.9 Å². The average molecular weight is 322 g/mol. The lowest BCUT2D eigenvalue weighted by molar-refractivity contribution is 0.0906. The number of carbonyl (C=O) groups is 1. The summed E-state index contributed by atoms with van der Waals surface area (Å²) in [5, 5.41) is 5.75. The van der Waals surface area contributed by atoms with Crippen LogP contribution in [-0.4, -0.2) is 38.4 Å². The molecule has 126 valence electrons. The Hall–Kier alpha value is -1.66. The van der Waals surface area contributed by atoms with Crippen LogP contribution < -0.4 is 10.6 Å². The van der Waals surface area contributed by atoms with Crippen LogP contribution in [0.5, 0.6) is 0 Å². The quantitative estimate of drug-likeness (QED) is 0.875. The SMILES string of the molecule is O=C(NC[C@H]1CCCO1)NC[C@@H]1CCO[C@H]1c1ccc(F)cc1. The number of hydrogen-bond acceptors (Lipinski definition) is 3. The number of nitrogens with one attached hydrogen (secondary N) is 2. The molecule has 3 atom stereocenters. The summed E-state index contributed by atoms with van der Waals surface area (Å²) in [6, 6.07) is 6.20. The van der Waals surface area contributed by atoms with E-state index in [2.05, 4.69) is 10.6 Å². The van der Waals surface area contributed by atoms with E-state index in [1.54, 1.807) is 12.1 Å². The van der Waals surface area contributed by atoms with Gasteiger partial charge in [-0.15, -0.1) is 0 Å². The van der Waals surface area contributed by atoms with Gasteiger partial charge in [-0.2, -0.15) is 0 Å². The maximum atomic E-state index is 13.0. The molecular formula is C17H23FN2O3. The molecule has 0 radical (unpaired) electrons. The minimum atomic E-state index is -0.255. The number of hydrogen-bond donors (Lipinski definition) is 2. The first-order valence-corrected chi connectivity index (χ1v) is 8.23. The summed E-state index contributed by atoms with van der Waals surface area (Å²) >= 11 is 0. The van der Waals surface area contributed by atoms with Gasteiger partial charge in [-0.3, -0.25) is 0 Å². The number of rotatable bonds is 5. The first-order valence-electron chi connectivity index (χ1n) is 8.23. The normalized spacial score (nSPS) is 27.1. The fourth-order valence-electron chi connectivity index (χ4n) is 3.16. The zero-order chi connectivity index (χ0) is 16.1. The molecule has 2 fully saturated rings. The minimum absolute atomic E-state index is 0.0888. The summed E-state index contributed by atoms with van der Waals surface area (Å²) in [5.41, 5.74) is 0.954. The highest BCUT2D eigenvalue weighted by Gasteiger charge is 2.30. The molecule has 5 nitrogen and oxygen atoms in total. The van der Waals surface area contributed by atoms with Gasteiger partial charge in [0, 0.05) is 32.2 Å². The van der Waals surface area contributed by atoms with Crippen LogP contribution in [0.2, 0.25) is 0 Å². The molecule has 0 bridgehead atoms. The van der Waals surface area contributed by atoms with Gasteiger partial charge in [0.15, 0.2) is 0 Å². The van der Waals surface area contributed by atoms with E-state index >= 15 is 0 Å². The lowest BCUT2D eigenvalue weighted by Crippen LogP contribution is -2.41. The summed E-state index contributed by atoms with van der Waals surface area (Å²) in [6.07, 6.45) is 3.00. The highest BCUT2D eigenvalue weighted by Crippen LogP contribution is 2.34. The van der Waals surface area contributed by atoms with Gasteiger partial charge in [0.05, 0.1) is 12.2 Å². The molecule has 0 spiro atoms. The smallest absolute Gasteiger partial charge is 0.314 e. The zero-order valence-electron chi connectivity index (χ0n) is 13.1. The van der Waals surface area contributed by atoms with E-state index in [4.69, 9.17) is 9.47 Å². The molecule has 2 N–H and O–H groups in total. The van der Waals surface area contributed by atoms with Crippen LogP contribution in [0, 0.1) is 11.7 Å². The maximum absolute atomic E-state index is 13.0. The molecule has 2 aliphatic rings. The molecule has 0 saturated carbocycles. The van der Waals surface area contributed by atoms with Gasteiger partial charge in [0.1, 0.15) is 5.82 Å². The van der Waals surface area contributed by atoms with E-state index in [1.807, 2.05) is 0 Å². The second-order valence-electron chi connectivity index (χ2n) is 6.12. The van der Waals surface area contributed by atoms with Crippen molar-refractivity contribution < 1.29 is 18.7 Å². The van der Waals surface area contributed by atoms with Gasteiger partial charge in [-0.25, -0.2) is 9.18 Å². The van der Waals surface area contributed by atoms with E-state index in [9.17, 15) is 9.18 Å². The summed E-state index contributed by atoms with van der Waals surface area (Å²) in [7, 11) is 0. The Balaban J connectivity index is 1.44. The first kappa shape index (κ1) is 16.2. The monoisotopic (exact) mass is 322 g/mol. The van der Waals surface area contributed by atoms with Crippen LogP contribution in [0.4, 0.5) is 9.18 Å². The van der Waals surface area contributed by atoms with Crippen molar-refractivity contribution in [3.05, 3.63) is 35.6 Å². The molecule has 2 amide bonds. The van der Waals surface area contributed by atoms with Crippen molar-refractivity contribution in [2.75, 3.05) is 26.3 Å². The second kappa shape index (κ2) is 7.75. The van der Waals surface area contributed by atoms with E-state index in [0.29, 0.717) is 19.7 Å². The van der Waals surface area contributed by atoms with Crippen LogP contribution in [-0.2, 0) is 9.47 Å². The average Bonchev–Trinajstić information content (AvgIpc) is 3.23. The maximum Gasteiger partial charge on any atom is 0.314 e. The van der Waals surface area contributed by atoms with E-state index in [-0.39, 0.29) is 30.0 Å². The molecule has 23 heavy (non-hydrogen) atoms. The standard InChI is InChI=1S/C17H23FN2O3/c18-14-5-3-12(4-6-14)16-13(7-9-23-16)10-19-17(21)20-11-15-2-1-8-22-15/h3-6,13,15-16H,1-2,7-11H2,(H2,19,20,21)/t13-,15+,16-/m0/s1. The molecule has 1 aromatic carbocycles. The number of amides is 2. The summed E-state index contributed by atoms with van der Waals surface area (Å²) < 4.78 is 24.2. The Labute approximate surface area is 135 Å². The largest absolute Gasteiger partial charge is 0.376 e. The van der Waals surface area contributed by atoms with Crippen molar-refractivity contribution in [3.63, 3.8) is 0 Å². The molecule has 0 aliphatic carbocycles. The molecule has 2 aliphatic heterocycles. The van der Waals surface area contributed by atoms with Crippen LogP contribution >= 0.6 is 0 Å². The number of halogens is 1. The molecular weight excluding hydrogens is 299 g/mol. The molecule has 0 aromatic heterocycles. The van der Waals surface area contributed by atoms with Gasteiger partial charge < -0.3 is 20.1 Å². The first-order chi connectivity index (χ1) is 11.2. The fraction of sp³-hybridized carbons (Fsp3) is 0.588. The van der Waals surface area contributed by atoms with E-state index in [1.165, 1.54) is 12.1 Å².